The molecule has 3 heteroatoms. The molecule has 2 nitrogen and oxygen atoms in total. The molecule has 3 fully saturated rings. The second kappa shape index (κ2) is 4.01. The van der Waals surface area contributed by atoms with Crippen LogP contribution in [0.4, 0.5) is 0 Å². The van der Waals surface area contributed by atoms with Crippen molar-refractivity contribution in [1.82, 2.24) is 5.32 Å². The molecule has 2 atom stereocenters. The van der Waals surface area contributed by atoms with Crippen LogP contribution in [0.5, 0.6) is 0 Å². The fraction of sp³-hybridized carbons (Fsp3) is 0.923. The summed E-state index contributed by atoms with van der Waals surface area (Å²) in [5, 5.41) is 4.26. The van der Waals surface area contributed by atoms with Crippen molar-refractivity contribution in [2.45, 2.75) is 50.5 Å². The number of alkyl halides is 1. The molecule has 0 aromatic heterocycles. The minimum atomic E-state index is 0.0872. The first-order valence-electron chi connectivity index (χ1n) is 6.60. The van der Waals surface area contributed by atoms with Gasteiger partial charge in [-0.1, -0.05) is 28.8 Å². The molecule has 90 valence electrons. The smallest absolute Gasteiger partial charge is 0.223 e. The van der Waals surface area contributed by atoms with Crippen molar-refractivity contribution in [2.75, 3.05) is 5.33 Å². The number of fused-ring (bicyclic) bond motifs is 1. The van der Waals surface area contributed by atoms with E-state index in [9.17, 15) is 4.79 Å². The Labute approximate surface area is 106 Å². The van der Waals surface area contributed by atoms with Crippen molar-refractivity contribution in [3.05, 3.63) is 0 Å². The Hall–Kier alpha value is -0.0500. The second-order valence-electron chi connectivity index (χ2n) is 6.03. The van der Waals surface area contributed by atoms with Crippen LogP contribution in [-0.4, -0.2) is 16.8 Å². The lowest BCUT2D eigenvalue weighted by Crippen LogP contribution is -2.49. The Morgan fingerprint density at radius 3 is 2.38 bits per heavy atom. The summed E-state index contributed by atoms with van der Waals surface area (Å²) in [6.45, 7) is 0. The average Bonchev–Trinajstić information content (AvgIpc) is 2.74. The summed E-state index contributed by atoms with van der Waals surface area (Å²) in [4.78, 5) is 12.2. The molecule has 0 aromatic carbocycles. The highest BCUT2D eigenvalue weighted by Crippen LogP contribution is 2.54. The van der Waals surface area contributed by atoms with Gasteiger partial charge in [-0.2, -0.15) is 0 Å². The summed E-state index contributed by atoms with van der Waals surface area (Å²) in [5.41, 5.74) is 0.0872. The molecule has 16 heavy (non-hydrogen) atoms. The van der Waals surface area contributed by atoms with E-state index in [1.807, 2.05) is 0 Å². The molecule has 3 rings (SSSR count). The molecule has 0 heterocycles. The van der Waals surface area contributed by atoms with Crippen molar-refractivity contribution in [3.63, 3.8) is 0 Å². The molecule has 0 bridgehead atoms. The van der Waals surface area contributed by atoms with Gasteiger partial charge in [0.25, 0.3) is 0 Å². The number of hydrogen-bond donors (Lipinski definition) is 1. The highest BCUT2D eigenvalue weighted by molar-refractivity contribution is 9.09. The van der Waals surface area contributed by atoms with E-state index in [-0.39, 0.29) is 5.54 Å². The lowest BCUT2D eigenvalue weighted by Gasteiger charge is -2.29. The van der Waals surface area contributed by atoms with Gasteiger partial charge in [-0.05, 0) is 43.9 Å². The van der Waals surface area contributed by atoms with Crippen molar-refractivity contribution in [1.29, 1.82) is 0 Å². The van der Waals surface area contributed by atoms with E-state index < -0.39 is 0 Å². The van der Waals surface area contributed by atoms with E-state index in [1.165, 1.54) is 19.3 Å². The highest BCUT2D eigenvalue weighted by atomic mass is 79.9. The van der Waals surface area contributed by atoms with Crippen LogP contribution >= 0.6 is 15.9 Å². The van der Waals surface area contributed by atoms with E-state index in [4.69, 9.17) is 0 Å². The van der Waals surface area contributed by atoms with Crippen molar-refractivity contribution in [2.24, 2.45) is 17.8 Å². The van der Waals surface area contributed by atoms with E-state index in [0.29, 0.717) is 11.8 Å². The van der Waals surface area contributed by atoms with Crippen LogP contribution in [0.1, 0.15) is 44.9 Å². The Morgan fingerprint density at radius 1 is 1.19 bits per heavy atom. The molecule has 0 aromatic rings. The first-order valence-corrected chi connectivity index (χ1v) is 7.73. The van der Waals surface area contributed by atoms with Crippen molar-refractivity contribution >= 4 is 21.8 Å². The van der Waals surface area contributed by atoms with E-state index in [1.54, 1.807) is 0 Å². The average molecular weight is 286 g/mol. The third kappa shape index (κ3) is 1.92. The van der Waals surface area contributed by atoms with Gasteiger partial charge in [0, 0.05) is 16.8 Å². The van der Waals surface area contributed by atoms with Gasteiger partial charge in [-0.25, -0.2) is 0 Å². The van der Waals surface area contributed by atoms with Gasteiger partial charge in [0.2, 0.25) is 5.91 Å². The zero-order valence-electron chi connectivity index (χ0n) is 9.68. The van der Waals surface area contributed by atoms with Crippen LogP contribution < -0.4 is 5.32 Å². The van der Waals surface area contributed by atoms with Gasteiger partial charge in [-0.15, -0.1) is 0 Å². The maximum Gasteiger partial charge on any atom is 0.223 e. The lowest BCUT2D eigenvalue weighted by molar-refractivity contribution is -0.126. The van der Waals surface area contributed by atoms with Crippen LogP contribution in [0.15, 0.2) is 0 Å². The number of carbonyl (C=O) groups is 1. The number of carbonyl (C=O) groups excluding carboxylic acids is 1. The standard InChI is InChI=1S/C13H20BrNO/c14-8-13(3-1-2-4-13)15-12(16)11-6-9-5-10(9)7-11/h9-11H,1-8H2,(H,15,16). The molecule has 1 amide bonds. The topological polar surface area (TPSA) is 29.1 Å². The fourth-order valence-electron chi connectivity index (χ4n) is 3.64. The molecular formula is C13H20BrNO. The first-order chi connectivity index (χ1) is 7.72. The zero-order valence-corrected chi connectivity index (χ0v) is 11.3. The fourth-order valence-corrected chi connectivity index (χ4v) is 4.34. The summed E-state index contributed by atoms with van der Waals surface area (Å²) in [6, 6.07) is 0. The summed E-state index contributed by atoms with van der Waals surface area (Å²) in [7, 11) is 0. The predicted octanol–water partition coefficient (Wildman–Crippen LogP) is 2.86. The summed E-state index contributed by atoms with van der Waals surface area (Å²) in [6.07, 6.45) is 8.56. The first kappa shape index (κ1) is 11.1. The Morgan fingerprint density at radius 2 is 1.81 bits per heavy atom. The maximum absolute atomic E-state index is 12.2. The molecule has 3 saturated carbocycles. The Balaban J connectivity index is 1.58. The molecule has 2 unspecified atom stereocenters. The SMILES string of the molecule is O=C(NC1(CBr)CCCC1)C1CC2CC2C1. The summed E-state index contributed by atoms with van der Waals surface area (Å²) >= 11 is 3.58. The molecular weight excluding hydrogens is 266 g/mol. The molecule has 3 aliphatic carbocycles. The summed E-state index contributed by atoms with van der Waals surface area (Å²) < 4.78 is 0. The minimum Gasteiger partial charge on any atom is -0.350 e. The number of rotatable bonds is 3. The molecule has 0 radical (unpaired) electrons. The minimum absolute atomic E-state index is 0.0872. The van der Waals surface area contributed by atoms with E-state index >= 15 is 0 Å². The Bertz CT molecular complexity index is 288. The second-order valence-corrected chi connectivity index (χ2v) is 6.60. The van der Waals surface area contributed by atoms with Crippen LogP contribution in [0.3, 0.4) is 0 Å². The normalized spacial score (nSPS) is 39.4. The van der Waals surface area contributed by atoms with Gasteiger partial charge >= 0.3 is 0 Å². The van der Waals surface area contributed by atoms with Gasteiger partial charge in [0.15, 0.2) is 0 Å². The van der Waals surface area contributed by atoms with Gasteiger partial charge in [0.05, 0.1) is 0 Å². The number of hydrogen-bond acceptors (Lipinski definition) is 1. The van der Waals surface area contributed by atoms with Crippen LogP contribution in [0.25, 0.3) is 0 Å². The number of amides is 1. The zero-order chi connectivity index (χ0) is 11.2. The monoisotopic (exact) mass is 285 g/mol. The molecule has 0 aliphatic heterocycles. The maximum atomic E-state index is 12.2. The lowest BCUT2D eigenvalue weighted by atomic mass is 9.96. The van der Waals surface area contributed by atoms with Crippen molar-refractivity contribution in [3.8, 4) is 0 Å². The molecule has 0 spiro atoms. The number of nitrogens with one attached hydrogen (secondary N) is 1. The third-order valence-electron chi connectivity index (χ3n) is 4.82. The van der Waals surface area contributed by atoms with Crippen molar-refractivity contribution < 1.29 is 4.79 Å². The Kier molecular flexibility index (Phi) is 2.77. The summed E-state index contributed by atoms with van der Waals surface area (Å²) in [5.74, 6) is 2.48. The quantitative estimate of drug-likeness (QED) is 0.794. The molecule has 0 saturated heterocycles. The van der Waals surface area contributed by atoms with Gasteiger partial charge in [-0.3, -0.25) is 4.79 Å². The molecule has 1 N–H and O–H groups in total. The highest BCUT2D eigenvalue weighted by Gasteiger charge is 2.49. The molecule has 3 aliphatic rings. The van der Waals surface area contributed by atoms with Crippen LogP contribution in [0.2, 0.25) is 0 Å². The van der Waals surface area contributed by atoms with E-state index in [0.717, 1.165) is 42.8 Å². The largest absolute Gasteiger partial charge is 0.350 e. The van der Waals surface area contributed by atoms with Gasteiger partial charge in [0.1, 0.15) is 0 Å². The number of halogens is 1. The predicted molar refractivity (Wildman–Crippen MR) is 67.5 cm³/mol. The van der Waals surface area contributed by atoms with Gasteiger partial charge < -0.3 is 5.32 Å². The third-order valence-corrected chi connectivity index (χ3v) is 5.89. The van der Waals surface area contributed by atoms with Crippen LogP contribution in [0, 0.1) is 17.8 Å². The van der Waals surface area contributed by atoms with Crippen LogP contribution in [-0.2, 0) is 4.79 Å². The van der Waals surface area contributed by atoms with E-state index in [2.05, 4.69) is 21.2 Å².